The van der Waals surface area contributed by atoms with Crippen LogP contribution in [0.2, 0.25) is 0 Å². The Labute approximate surface area is 127 Å². The first-order valence-corrected chi connectivity index (χ1v) is 7.68. The first-order valence-electron chi connectivity index (χ1n) is 6.89. The summed E-state index contributed by atoms with van der Waals surface area (Å²) in [6, 6.07) is 1.82. The second-order valence-electron chi connectivity index (χ2n) is 4.95. The molecule has 0 spiro atoms. The highest BCUT2D eigenvalue weighted by Gasteiger charge is 2.26. The monoisotopic (exact) mass is 341 g/mol. The summed E-state index contributed by atoms with van der Waals surface area (Å²) in [5.41, 5.74) is 0.896. The number of aromatic nitrogens is 1. The van der Waals surface area contributed by atoms with Crippen LogP contribution in [0.5, 0.6) is 0 Å². The van der Waals surface area contributed by atoms with Crippen LogP contribution in [0.15, 0.2) is 22.9 Å². The number of hydrogen-bond donors (Lipinski definition) is 1. The third-order valence-electron chi connectivity index (χ3n) is 3.69. The molecule has 1 aromatic rings. The van der Waals surface area contributed by atoms with E-state index in [0.29, 0.717) is 19.5 Å². The van der Waals surface area contributed by atoms with Crippen LogP contribution in [0.1, 0.15) is 12.5 Å². The Morgan fingerprint density at radius 1 is 1.45 bits per heavy atom. The van der Waals surface area contributed by atoms with E-state index in [1.54, 1.807) is 17.3 Å². The highest BCUT2D eigenvalue weighted by Crippen LogP contribution is 2.17. The molecule has 1 atom stereocenters. The standard InChI is InChI=1S/C14H20BrN3O2/c1-2-17-5-7-18(8-6-17)14(20)13(19)9-11-3-4-16-10-12(11)15/h3-4,10,13,19H,2,5-9H2,1H3. The molecule has 0 aromatic carbocycles. The van der Waals surface area contributed by atoms with E-state index in [9.17, 15) is 9.90 Å². The average molecular weight is 342 g/mol. The number of aliphatic hydroxyl groups is 1. The van der Waals surface area contributed by atoms with Crippen molar-refractivity contribution in [2.45, 2.75) is 19.4 Å². The van der Waals surface area contributed by atoms with Crippen molar-refractivity contribution in [2.75, 3.05) is 32.7 Å². The molecule has 0 saturated carbocycles. The maximum absolute atomic E-state index is 12.2. The summed E-state index contributed by atoms with van der Waals surface area (Å²) >= 11 is 3.38. The van der Waals surface area contributed by atoms with Gasteiger partial charge in [-0.15, -0.1) is 0 Å². The van der Waals surface area contributed by atoms with Gasteiger partial charge in [-0.1, -0.05) is 6.92 Å². The second kappa shape index (κ2) is 7.15. The van der Waals surface area contributed by atoms with E-state index in [1.165, 1.54) is 0 Å². The SMILES string of the molecule is CCN1CCN(C(=O)C(O)Cc2ccncc2Br)CC1. The molecule has 0 radical (unpaired) electrons. The van der Waals surface area contributed by atoms with Crippen molar-refractivity contribution >= 4 is 21.8 Å². The van der Waals surface area contributed by atoms with Crippen molar-refractivity contribution < 1.29 is 9.90 Å². The van der Waals surface area contributed by atoms with Crippen LogP contribution in [-0.4, -0.2) is 64.6 Å². The molecule has 2 heterocycles. The molecule has 0 aliphatic carbocycles. The lowest BCUT2D eigenvalue weighted by Crippen LogP contribution is -2.51. The van der Waals surface area contributed by atoms with Gasteiger partial charge in [-0.3, -0.25) is 9.78 Å². The first kappa shape index (κ1) is 15.4. The van der Waals surface area contributed by atoms with Crippen molar-refractivity contribution in [1.82, 2.24) is 14.8 Å². The van der Waals surface area contributed by atoms with E-state index in [-0.39, 0.29) is 5.91 Å². The van der Waals surface area contributed by atoms with Crippen LogP contribution in [-0.2, 0) is 11.2 Å². The lowest BCUT2D eigenvalue weighted by molar-refractivity contribution is -0.141. The van der Waals surface area contributed by atoms with Gasteiger partial charge in [0.15, 0.2) is 0 Å². The highest BCUT2D eigenvalue weighted by molar-refractivity contribution is 9.10. The molecule has 1 saturated heterocycles. The zero-order chi connectivity index (χ0) is 14.5. The van der Waals surface area contributed by atoms with E-state index in [0.717, 1.165) is 29.7 Å². The molecule has 1 aliphatic heterocycles. The van der Waals surface area contributed by atoms with Crippen LogP contribution in [0.25, 0.3) is 0 Å². The largest absolute Gasteiger partial charge is 0.383 e. The maximum Gasteiger partial charge on any atom is 0.251 e. The molecule has 1 fully saturated rings. The van der Waals surface area contributed by atoms with E-state index >= 15 is 0 Å². The Hall–Kier alpha value is -0.980. The smallest absolute Gasteiger partial charge is 0.251 e. The van der Waals surface area contributed by atoms with Crippen molar-refractivity contribution in [2.24, 2.45) is 0 Å². The van der Waals surface area contributed by atoms with Gasteiger partial charge in [0.05, 0.1) is 0 Å². The predicted octanol–water partition coefficient (Wildman–Crippen LogP) is 0.912. The van der Waals surface area contributed by atoms with E-state index in [4.69, 9.17) is 0 Å². The Bertz CT molecular complexity index is 461. The van der Waals surface area contributed by atoms with E-state index in [1.807, 2.05) is 6.07 Å². The number of carbonyl (C=O) groups is 1. The van der Waals surface area contributed by atoms with Crippen molar-refractivity contribution in [1.29, 1.82) is 0 Å². The lowest BCUT2D eigenvalue weighted by atomic mass is 10.1. The number of amides is 1. The molecular weight excluding hydrogens is 322 g/mol. The summed E-state index contributed by atoms with van der Waals surface area (Å²) in [4.78, 5) is 20.3. The molecule has 6 heteroatoms. The van der Waals surface area contributed by atoms with Crippen molar-refractivity contribution in [3.63, 3.8) is 0 Å². The number of aliphatic hydroxyl groups excluding tert-OH is 1. The molecule has 1 amide bonds. The van der Waals surface area contributed by atoms with E-state index < -0.39 is 6.10 Å². The Morgan fingerprint density at radius 3 is 2.75 bits per heavy atom. The van der Waals surface area contributed by atoms with Gasteiger partial charge in [0.25, 0.3) is 5.91 Å². The second-order valence-corrected chi connectivity index (χ2v) is 5.80. The Kier molecular flexibility index (Phi) is 5.51. The van der Waals surface area contributed by atoms with Gasteiger partial charge in [0.2, 0.25) is 0 Å². The number of hydrogen-bond acceptors (Lipinski definition) is 4. The van der Waals surface area contributed by atoms with Crippen LogP contribution in [0.3, 0.4) is 0 Å². The van der Waals surface area contributed by atoms with Gasteiger partial charge in [-0.05, 0) is 34.1 Å². The van der Waals surface area contributed by atoms with Crippen LogP contribution < -0.4 is 0 Å². The number of likely N-dealkylation sites (N-methyl/N-ethyl adjacent to an activating group) is 1. The average Bonchev–Trinajstić information content (AvgIpc) is 2.49. The fraction of sp³-hybridized carbons (Fsp3) is 0.571. The molecule has 0 bridgehead atoms. The topological polar surface area (TPSA) is 56.7 Å². The number of carbonyl (C=O) groups excluding carboxylic acids is 1. The zero-order valence-electron chi connectivity index (χ0n) is 11.6. The summed E-state index contributed by atoms with van der Waals surface area (Å²) in [6.07, 6.45) is 2.67. The summed E-state index contributed by atoms with van der Waals surface area (Å²) < 4.78 is 0.822. The van der Waals surface area contributed by atoms with Crippen molar-refractivity contribution in [3.8, 4) is 0 Å². The lowest BCUT2D eigenvalue weighted by Gasteiger charge is -2.35. The number of pyridine rings is 1. The minimum Gasteiger partial charge on any atom is -0.383 e. The van der Waals surface area contributed by atoms with Crippen LogP contribution in [0, 0.1) is 0 Å². The predicted molar refractivity (Wildman–Crippen MR) is 80.3 cm³/mol. The molecule has 1 aromatic heterocycles. The normalized spacial score (nSPS) is 18.1. The quantitative estimate of drug-likeness (QED) is 0.884. The molecular formula is C14H20BrN3O2. The minimum atomic E-state index is -0.984. The van der Waals surface area contributed by atoms with Gasteiger partial charge in [0.1, 0.15) is 6.10 Å². The Morgan fingerprint density at radius 2 is 2.15 bits per heavy atom. The molecule has 110 valence electrons. The summed E-state index contributed by atoms with van der Waals surface area (Å²) in [6.45, 7) is 6.28. The molecule has 20 heavy (non-hydrogen) atoms. The first-order chi connectivity index (χ1) is 9.61. The van der Waals surface area contributed by atoms with Crippen LogP contribution in [0.4, 0.5) is 0 Å². The van der Waals surface area contributed by atoms with E-state index in [2.05, 4.69) is 32.7 Å². The number of nitrogens with zero attached hydrogens (tertiary/aromatic N) is 3. The number of rotatable bonds is 4. The minimum absolute atomic E-state index is 0.176. The fourth-order valence-electron chi connectivity index (χ4n) is 2.36. The maximum atomic E-state index is 12.2. The highest BCUT2D eigenvalue weighted by atomic mass is 79.9. The molecule has 5 nitrogen and oxygen atoms in total. The summed E-state index contributed by atoms with van der Waals surface area (Å²) in [5.74, 6) is -0.176. The Balaban J connectivity index is 1.91. The third-order valence-corrected chi connectivity index (χ3v) is 4.40. The van der Waals surface area contributed by atoms with Gasteiger partial charge < -0.3 is 14.9 Å². The van der Waals surface area contributed by atoms with Gasteiger partial charge in [0, 0.05) is 49.5 Å². The van der Waals surface area contributed by atoms with Gasteiger partial charge in [-0.2, -0.15) is 0 Å². The zero-order valence-corrected chi connectivity index (χ0v) is 13.2. The third kappa shape index (κ3) is 3.77. The van der Waals surface area contributed by atoms with Crippen LogP contribution >= 0.6 is 15.9 Å². The summed E-state index contributed by atoms with van der Waals surface area (Å²) in [7, 11) is 0. The molecule has 1 N–H and O–H groups in total. The number of halogens is 1. The molecule has 1 unspecified atom stereocenters. The van der Waals surface area contributed by atoms with Crippen molar-refractivity contribution in [3.05, 3.63) is 28.5 Å². The number of piperazine rings is 1. The molecule has 1 aliphatic rings. The fourth-order valence-corrected chi connectivity index (χ4v) is 2.77. The molecule has 2 rings (SSSR count). The van der Waals surface area contributed by atoms with Gasteiger partial charge >= 0.3 is 0 Å². The van der Waals surface area contributed by atoms with Gasteiger partial charge in [-0.25, -0.2) is 0 Å². The summed E-state index contributed by atoms with van der Waals surface area (Å²) in [5, 5.41) is 10.1.